The lowest BCUT2D eigenvalue weighted by Gasteiger charge is -2.32. The molecule has 0 fully saturated rings. The molecular weight excluding hydrogens is 209 g/mol. The largest absolute Gasteiger partial charge is 0.396 e. The zero-order chi connectivity index (χ0) is 12.7. The van der Waals surface area contributed by atoms with Gasteiger partial charge in [-0.2, -0.15) is 0 Å². The molecule has 0 aliphatic heterocycles. The van der Waals surface area contributed by atoms with Crippen LogP contribution in [0.1, 0.15) is 25.8 Å². The summed E-state index contributed by atoms with van der Waals surface area (Å²) in [7, 11) is 2.18. The number of aliphatic hydroxyl groups is 1. The van der Waals surface area contributed by atoms with E-state index in [9.17, 15) is 0 Å². The van der Waals surface area contributed by atoms with Crippen LogP contribution in [0.5, 0.6) is 0 Å². The summed E-state index contributed by atoms with van der Waals surface area (Å²) in [6, 6.07) is 10.6. The van der Waals surface area contributed by atoms with Crippen LogP contribution >= 0.6 is 0 Å². The van der Waals surface area contributed by atoms with E-state index in [0.29, 0.717) is 0 Å². The summed E-state index contributed by atoms with van der Waals surface area (Å²) in [4.78, 5) is 2.41. The minimum absolute atomic E-state index is 0.159. The minimum Gasteiger partial charge on any atom is -0.396 e. The fourth-order valence-electron chi connectivity index (χ4n) is 2.18. The van der Waals surface area contributed by atoms with Gasteiger partial charge in [-0.1, -0.05) is 44.2 Å². The number of hydrogen-bond donors (Lipinski definition) is 1. The number of hydrogen-bond acceptors (Lipinski definition) is 2. The summed E-state index contributed by atoms with van der Waals surface area (Å²) < 4.78 is 0. The molecule has 2 nitrogen and oxygen atoms in total. The molecule has 0 spiro atoms. The number of rotatable bonds is 7. The van der Waals surface area contributed by atoms with Crippen LogP contribution in [-0.2, 0) is 5.41 Å². The second-order valence-electron chi connectivity index (χ2n) is 5.20. The summed E-state index contributed by atoms with van der Waals surface area (Å²) in [5.74, 6) is 0. The van der Waals surface area contributed by atoms with Gasteiger partial charge in [-0.25, -0.2) is 0 Å². The zero-order valence-electron chi connectivity index (χ0n) is 11.3. The Balaban J connectivity index is 2.64. The maximum Gasteiger partial charge on any atom is 0.119 e. The maximum absolute atomic E-state index is 8.90. The molecule has 0 aromatic heterocycles. The SMILES string of the molecule is BCN(CCCO)CC(C)(C)c1ccccc1. The molecule has 0 radical (unpaired) electrons. The van der Waals surface area contributed by atoms with Gasteiger partial charge in [-0.15, -0.1) is 0 Å². The van der Waals surface area contributed by atoms with Crippen LogP contribution < -0.4 is 0 Å². The Morgan fingerprint density at radius 3 is 2.41 bits per heavy atom. The van der Waals surface area contributed by atoms with Gasteiger partial charge in [0.05, 0.1) is 0 Å². The molecule has 0 aliphatic carbocycles. The summed E-state index contributed by atoms with van der Waals surface area (Å²) >= 11 is 0. The maximum atomic E-state index is 8.90. The Hall–Kier alpha value is -0.795. The predicted molar refractivity (Wildman–Crippen MR) is 76.2 cm³/mol. The van der Waals surface area contributed by atoms with Crippen molar-refractivity contribution in [1.82, 2.24) is 4.90 Å². The Kier molecular flexibility index (Phi) is 5.73. The van der Waals surface area contributed by atoms with E-state index >= 15 is 0 Å². The fourth-order valence-corrected chi connectivity index (χ4v) is 2.18. The highest BCUT2D eigenvalue weighted by Crippen LogP contribution is 2.23. The molecule has 1 aromatic carbocycles. The van der Waals surface area contributed by atoms with E-state index in [0.717, 1.165) is 26.0 Å². The molecule has 1 N–H and O–H groups in total. The quantitative estimate of drug-likeness (QED) is 0.716. The van der Waals surface area contributed by atoms with Gasteiger partial charge in [-0.3, -0.25) is 0 Å². The van der Waals surface area contributed by atoms with Gasteiger partial charge in [0, 0.05) is 18.6 Å². The standard InChI is InChI=1S/C14H24BNO/c1-14(2,13-7-4-3-5-8-13)11-16(12-15)9-6-10-17/h3-5,7-8,17H,6,9-12,15H2,1-2H3. The first-order valence-electron chi connectivity index (χ1n) is 6.49. The van der Waals surface area contributed by atoms with E-state index in [1.807, 2.05) is 0 Å². The molecule has 0 bridgehead atoms. The minimum atomic E-state index is 0.159. The van der Waals surface area contributed by atoms with Crippen molar-refractivity contribution in [3.8, 4) is 0 Å². The molecule has 94 valence electrons. The Labute approximate surface area is 106 Å². The molecule has 0 saturated heterocycles. The molecule has 0 saturated carbocycles. The first kappa shape index (κ1) is 14.3. The lowest BCUT2D eigenvalue weighted by atomic mass is 9.83. The van der Waals surface area contributed by atoms with Gasteiger partial charge >= 0.3 is 0 Å². The van der Waals surface area contributed by atoms with Crippen LogP contribution in [0.15, 0.2) is 30.3 Å². The summed E-state index contributed by atoms with van der Waals surface area (Å²) in [5.41, 5.74) is 1.54. The van der Waals surface area contributed by atoms with Crippen molar-refractivity contribution in [2.45, 2.75) is 25.7 Å². The van der Waals surface area contributed by atoms with E-state index in [-0.39, 0.29) is 12.0 Å². The number of benzene rings is 1. The third-order valence-electron chi connectivity index (χ3n) is 3.25. The van der Waals surface area contributed by atoms with E-state index in [1.165, 1.54) is 5.56 Å². The molecule has 1 aromatic rings. The van der Waals surface area contributed by atoms with Crippen LogP contribution in [0, 0.1) is 0 Å². The fraction of sp³-hybridized carbons (Fsp3) is 0.571. The lowest BCUT2D eigenvalue weighted by Crippen LogP contribution is -2.38. The number of aliphatic hydroxyl groups excluding tert-OH is 1. The van der Waals surface area contributed by atoms with E-state index in [2.05, 4.69) is 56.9 Å². The Morgan fingerprint density at radius 1 is 1.24 bits per heavy atom. The van der Waals surface area contributed by atoms with Gasteiger partial charge in [0.25, 0.3) is 0 Å². The highest BCUT2D eigenvalue weighted by Gasteiger charge is 2.22. The third-order valence-corrected chi connectivity index (χ3v) is 3.25. The second kappa shape index (κ2) is 6.82. The van der Waals surface area contributed by atoms with Crippen molar-refractivity contribution in [2.75, 3.05) is 26.1 Å². The van der Waals surface area contributed by atoms with Crippen molar-refractivity contribution in [3.05, 3.63) is 35.9 Å². The normalized spacial score (nSPS) is 12.0. The van der Waals surface area contributed by atoms with Gasteiger partial charge in [0.2, 0.25) is 0 Å². The smallest absolute Gasteiger partial charge is 0.119 e. The first-order chi connectivity index (χ1) is 8.10. The Bertz CT molecular complexity index is 313. The molecule has 3 heteroatoms. The van der Waals surface area contributed by atoms with Crippen LogP contribution in [0.25, 0.3) is 0 Å². The van der Waals surface area contributed by atoms with Gasteiger partial charge in [-0.05, 0) is 25.0 Å². The van der Waals surface area contributed by atoms with E-state index in [1.54, 1.807) is 0 Å². The second-order valence-corrected chi connectivity index (χ2v) is 5.20. The highest BCUT2D eigenvalue weighted by atomic mass is 16.3. The average molecular weight is 233 g/mol. The molecule has 17 heavy (non-hydrogen) atoms. The van der Waals surface area contributed by atoms with Gasteiger partial charge in [0.15, 0.2) is 0 Å². The van der Waals surface area contributed by atoms with Crippen molar-refractivity contribution in [2.24, 2.45) is 0 Å². The van der Waals surface area contributed by atoms with Crippen molar-refractivity contribution < 1.29 is 5.11 Å². The average Bonchev–Trinajstić information content (AvgIpc) is 2.35. The first-order valence-corrected chi connectivity index (χ1v) is 6.49. The van der Waals surface area contributed by atoms with Crippen molar-refractivity contribution >= 4 is 7.85 Å². The predicted octanol–water partition coefficient (Wildman–Crippen LogP) is 1.24. The molecule has 0 unspecified atom stereocenters. The van der Waals surface area contributed by atoms with Crippen LogP contribution in [0.4, 0.5) is 0 Å². The topological polar surface area (TPSA) is 23.5 Å². The lowest BCUT2D eigenvalue weighted by molar-refractivity contribution is 0.216. The number of nitrogens with zero attached hydrogens (tertiary/aromatic N) is 1. The van der Waals surface area contributed by atoms with E-state index in [4.69, 9.17) is 5.11 Å². The van der Waals surface area contributed by atoms with Crippen LogP contribution in [-0.4, -0.2) is 44.0 Å². The van der Waals surface area contributed by atoms with Crippen LogP contribution in [0.3, 0.4) is 0 Å². The van der Waals surface area contributed by atoms with Crippen LogP contribution in [0.2, 0.25) is 0 Å². The Morgan fingerprint density at radius 2 is 1.88 bits per heavy atom. The van der Waals surface area contributed by atoms with Crippen molar-refractivity contribution in [3.63, 3.8) is 0 Å². The van der Waals surface area contributed by atoms with Crippen molar-refractivity contribution in [1.29, 1.82) is 0 Å². The third kappa shape index (κ3) is 4.53. The molecular formula is C14H24BNO. The molecule has 1 rings (SSSR count). The van der Waals surface area contributed by atoms with Gasteiger partial charge in [0.1, 0.15) is 7.85 Å². The molecule has 0 amide bonds. The molecule has 0 aliphatic rings. The monoisotopic (exact) mass is 233 g/mol. The van der Waals surface area contributed by atoms with E-state index < -0.39 is 0 Å². The summed E-state index contributed by atoms with van der Waals surface area (Å²) in [6.45, 7) is 6.85. The zero-order valence-corrected chi connectivity index (χ0v) is 11.3. The van der Waals surface area contributed by atoms with Gasteiger partial charge < -0.3 is 10.0 Å². The summed E-state index contributed by atoms with van der Waals surface area (Å²) in [6.07, 6.45) is 1.90. The molecule has 0 atom stereocenters. The summed E-state index contributed by atoms with van der Waals surface area (Å²) in [5, 5.41) is 8.90. The molecule has 0 heterocycles. The highest BCUT2D eigenvalue weighted by molar-refractivity contribution is 6.08.